The molecule has 8 nitrogen and oxygen atoms in total. The molecular formula is C50H82BaO8. The SMILES string of the molecule is CCCCCCCC(CCCCCC(O)CCCC(=O)[O-])OCc1ccccc1.CCCCCCCC(CCCCCC(O)CCCC(=O)[O-])OCc1ccccc1.[Ba+2]. The molecule has 0 amide bonds. The van der Waals surface area contributed by atoms with Gasteiger partial charge in [-0.05, 0) is 88.2 Å². The van der Waals surface area contributed by atoms with Gasteiger partial charge in [-0.1, -0.05) is 177 Å². The number of unbranched alkanes of at least 4 members (excludes halogenated alkanes) is 12. The van der Waals surface area contributed by atoms with E-state index in [-0.39, 0.29) is 61.7 Å². The van der Waals surface area contributed by atoms with Crippen molar-refractivity contribution in [1.82, 2.24) is 0 Å². The van der Waals surface area contributed by atoms with Gasteiger partial charge in [0.2, 0.25) is 0 Å². The first kappa shape index (κ1) is 57.8. The molecule has 0 saturated carbocycles. The van der Waals surface area contributed by atoms with Crippen LogP contribution in [0.1, 0.15) is 205 Å². The molecule has 2 aromatic rings. The van der Waals surface area contributed by atoms with Crippen LogP contribution in [0.3, 0.4) is 0 Å². The first-order chi connectivity index (χ1) is 28.2. The monoisotopic (exact) mass is 949 g/mol. The van der Waals surface area contributed by atoms with Gasteiger partial charge in [0.25, 0.3) is 0 Å². The first-order valence-corrected chi connectivity index (χ1v) is 23.3. The minimum Gasteiger partial charge on any atom is -0.550 e. The molecule has 0 saturated heterocycles. The Bertz CT molecular complexity index is 1110. The molecule has 332 valence electrons. The van der Waals surface area contributed by atoms with Gasteiger partial charge in [0, 0.05) is 11.9 Å². The molecule has 0 bridgehead atoms. The summed E-state index contributed by atoms with van der Waals surface area (Å²) in [6.07, 6.45) is 27.1. The number of benzene rings is 2. The predicted molar refractivity (Wildman–Crippen MR) is 238 cm³/mol. The summed E-state index contributed by atoms with van der Waals surface area (Å²) in [4.78, 5) is 20.8. The summed E-state index contributed by atoms with van der Waals surface area (Å²) < 4.78 is 12.5. The Morgan fingerprint density at radius 2 is 0.746 bits per heavy atom. The van der Waals surface area contributed by atoms with Crippen molar-refractivity contribution in [2.75, 3.05) is 0 Å². The molecular weight excluding hydrogens is 866 g/mol. The molecule has 0 aliphatic carbocycles. The van der Waals surface area contributed by atoms with E-state index in [4.69, 9.17) is 9.47 Å². The summed E-state index contributed by atoms with van der Waals surface area (Å²) in [5.41, 5.74) is 2.45. The van der Waals surface area contributed by atoms with Crippen molar-refractivity contribution in [3.05, 3.63) is 71.8 Å². The van der Waals surface area contributed by atoms with Crippen LogP contribution in [0.4, 0.5) is 0 Å². The van der Waals surface area contributed by atoms with E-state index in [2.05, 4.69) is 62.4 Å². The van der Waals surface area contributed by atoms with Crippen molar-refractivity contribution in [3.8, 4) is 0 Å². The van der Waals surface area contributed by atoms with Crippen LogP contribution in [0.2, 0.25) is 0 Å². The normalized spacial score (nSPS) is 13.1. The summed E-state index contributed by atoms with van der Waals surface area (Å²) in [5, 5.41) is 40.7. The Kier molecular flexibility index (Phi) is 41.2. The average Bonchev–Trinajstić information content (AvgIpc) is 3.21. The summed E-state index contributed by atoms with van der Waals surface area (Å²) in [6, 6.07) is 20.7. The van der Waals surface area contributed by atoms with E-state index in [0.29, 0.717) is 51.1 Å². The number of hydrogen-bond donors (Lipinski definition) is 2. The van der Waals surface area contributed by atoms with Crippen molar-refractivity contribution in [2.24, 2.45) is 0 Å². The van der Waals surface area contributed by atoms with E-state index < -0.39 is 24.1 Å². The fourth-order valence-corrected chi connectivity index (χ4v) is 7.26. The topological polar surface area (TPSA) is 139 Å². The van der Waals surface area contributed by atoms with Crippen molar-refractivity contribution in [1.29, 1.82) is 0 Å². The molecule has 4 unspecified atom stereocenters. The number of aliphatic carboxylic acids is 2. The minimum absolute atomic E-state index is 0. The number of ether oxygens (including phenoxy) is 2. The van der Waals surface area contributed by atoms with E-state index in [0.717, 1.165) is 77.0 Å². The van der Waals surface area contributed by atoms with Crippen LogP contribution >= 0.6 is 0 Å². The van der Waals surface area contributed by atoms with Crippen molar-refractivity contribution < 1.29 is 39.5 Å². The standard InChI is InChI=1S/2C25H42O4.Ba/c2*1-2-3-4-5-11-18-24(29-21-22-14-8-6-9-15-22)19-12-7-10-16-23(26)17-13-20-25(27)28;/h2*6,8-9,14-15,23-24,26H,2-5,7,10-13,16-21H2,1H3,(H,27,28);/q;;+2/p-2. The largest absolute Gasteiger partial charge is 2.00 e. The summed E-state index contributed by atoms with van der Waals surface area (Å²) >= 11 is 0. The summed E-state index contributed by atoms with van der Waals surface area (Å²) in [7, 11) is 0. The third-order valence-electron chi connectivity index (χ3n) is 10.9. The maximum atomic E-state index is 10.4. The van der Waals surface area contributed by atoms with Gasteiger partial charge in [0.15, 0.2) is 0 Å². The number of carbonyl (C=O) groups excluding carboxylic acids is 2. The van der Waals surface area contributed by atoms with Crippen molar-refractivity contribution in [3.63, 3.8) is 0 Å². The Morgan fingerprint density at radius 1 is 0.458 bits per heavy atom. The smallest absolute Gasteiger partial charge is 0.550 e. The molecule has 2 N–H and O–H groups in total. The molecule has 0 heterocycles. The second-order valence-corrected chi connectivity index (χ2v) is 16.4. The third-order valence-corrected chi connectivity index (χ3v) is 10.9. The molecule has 0 aliphatic rings. The number of hydrogen-bond acceptors (Lipinski definition) is 8. The van der Waals surface area contributed by atoms with E-state index in [1.54, 1.807) is 0 Å². The molecule has 2 aromatic carbocycles. The number of aliphatic hydroxyl groups excluding tert-OH is 2. The van der Waals surface area contributed by atoms with Crippen LogP contribution in [0.5, 0.6) is 0 Å². The Balaban J connectivity index is 0.00000112. The Labute approximate surface area is 400 Å². The van der Waals surface area contributed by atoms with Gasteiger partial charge < -0.3 is 39.5 Å². The third kappa shape index (κ3) is 38.2. The molecule has 0 aromatic heterocycles. The molecule has 0 radical (unpaired) electrons. The second-order valence-electron chi connectivity index (χ2n) is 16.4. The van der Waals surface area contributed by atoms with Crippen molar-refractivity contribution in [2.45, 2.75) is 231 Å². The zero-order valence-electron chi connectivity index (χ0n) is 37.3. The van der Waals surface area contributed by atoms with E-state index in [9.17, 15) is 30.0 Å². The van der Waals surface area contributed by atoms with Crippen LogP contribution in [0.15, 0.2) is 60.7 Å². The zero-order chi connectivity index (χ0) is 42.3. The Hall–Kier alpha value is -1.21. The van der Waals surface area contributed by atoms with Crippen molar-refractivity contribution >= 4 is 60.8 Å². The second kappa shape index (κ2) is 42.1. The fourth-order valence-electron chi connectivity index (χ4n) is 7.26. The van der Waals surface area contributed by atoms with Gasteiger partial charge in [-0.15, -0.1) is 0 Å². The number of rotatable bonds is 38. The first-order valence-electron chi connectivity index (χ1n) is 23.3. The van der Waals surface area contributed by atoms with Crippen LogP contribution in [-0.2, 0) is 32.3 Å². The van der Waals surface area contributed by atoms with Crippen LogP contribution in [0, 0.1) is 0 Å². The van der Waals surface area contributed by atoms with Crippen LogP contribution in [-0.4, -0.2) is 95.4 Å². The Morgan fingerprint density at radius 3 is 1.07 bits per heavy atom. The maximum Gasteiger partial charge on any atom is 2.00 e. The molecule has 0 aliphatic heterocycles. The van der Waals surface area contributed by atoms with Gasteiger partial charge >= 0.3 is 48.9 Å². The summed E-state index contributed by atoms with van der Waals surface area (Å²) in [6.45, 7) is 5.84. The number of carboxylic acid groups (broad SMARTS) is 2. The predicted octanol–water partition coefficient (Wildman–Crippen LogP) is 9.95. The molecule has 0 fully saturated rings. The van der Waals surface area contributed by atoms with E-state index >= 15 is 0 Å². The maximum absolute atomic E-state index is 10.4. The van der Waals surface area contributed by atoms with Gasteiger partial charge in [0.05, 0.1) is 37.6 Å². The van der Waals surface area contributed by atoms with Gasteiger partial charge in [-0.25, -0.2) is 0 Å². The van der Waals surface area contributed by atoms with Crippen LogP contribution in [0.25, 0.3) is 0 Å². The van der Waals surface area contributed by atoms with Gasteiger partial charge in [-0.2, -0.15) is 0 Å². The van der Waals surface area contributed by atoms with Gasteiger partial charge in [0.1, 0.15) is 0 Å². The molecule has 4 atom stereocenters. The molecule has 9 heteroatoms. The summed E-state index contributed by atoms with van der Waals surface area (Å²) in [5.74, 6) is -2.07. The fraction of sp³-hybridized carbons (Fsp3) is 0.720. The molecule has 0 spiro atoms. The molecule has 59 heavy (non-hydrogen) atoms. The van der Waals surface area contributed by atoms with E-state index in [1.807, 2.05) is 12.1 Å². The van der Waals surface area contributed by atoms with Gasteiger partial charge in [-0.3, -0.25) is 0 Å². The number of carbonyl (C=O) groups is 2. The minimum atomic E-state index is -1.03. The average molecular weight is 949 g/mol. The number of aliphatic hydroxyl groups is 2. The molecule has 2 rings (SSSR count). The van der Waals surface area contributed by atoms with E-state index in [1.165, 1.54) is 75.3 Å². The number of carboxylic acids is 2. The zero-order valence-corrected chi connectivity index (χ0v) is 41.8. The van der Waals surface area contributed by atoms with Crippen LogP contribution < -0.4 is 10.2 Å². The quantitative estimate of drug-likeness (QED) is 0.0501.